The maximum absolute atomic E-state index is 4.72. The summed E-state index contributed by atoms with van der Waals surface area (Å²) in [5.74, 6) is 1.21. The van der Waals surface area contributed by atoms with Gasteiger partial charge >= 0.3 is 0 Å². The van der Waals surface area contributed by atoms with Crippen LogP contribution in [-0.2, 0) is 0 Å². The molecule has 0 spiro atoms. The molecular weight excluding hydrogens is 218 g/mol. The first kappa shape index (κ1) is 13.8. The minimum absolute atomic E-state index is 0.518. The molecule has 2 unspecified atom stereocenters. The maximum atomic E-state index is 4.72. The van der Waals surface area contributed by atoms with Crippen molar-refractivity contribution in [2.45, 2.75) is 45.2 Å². The predicted octanol–water partition coefficient (Wildman–Crippen LogP) is 2.19. The second kappa shape index (κ2) is 7.17. The molecule has 0 saturated heterocycles. The molecule has 0 fully saturated rings. The Hall–Kier alpha value is -0.220. The molecule has 2 atom stereocenters. The zero-order chi connectivity index (χ0) is 12.0. The Kier molecular flexibility index (Phi) is 6.21. The molecule has 0 saturated carbocycles. The summed E-state index contributed by atoms with van der Waals surface area (Å²) in [6, 6.07) is 1.06. The summed E-state index contributed by atoms with van der Waals surface area (Å²) in [7, 11) is 4.24. The average Bonchev–Trinajstić information content (AvgIpc) is 2.26. The van der Waals surface area contributed by atoms with Crippen LogP contribution in [0.5, 0.6) is 0 Å². The van der Waals surface area contributed by atoms with Crippen LogP contribution in [0.1, 0.15) is 33.1 Å². The number of nitrogens with zero attached hydrogens (tertiary/aromatic N) is 2. The monoisotopic (exact) mass is 243 g/mol. The number of hydrogen-bond donors (Lipinski definition) is 1. The van der Waals surface area contributed by atoms with E-state index in [1.165, 1.54) is 18.6 Å². The number of rotatable bonds is 5. The van der Waals surface area contributed by atoms with Crippen LogP contribution in [0.4, 0.5) is 0 Å². The quantitative estimate of drug-likeness (QED) is 0.802. The smallest absolute Gasteiger partial charge is 0.157 e. The third-order valence-corrected chi connectivity index (χ3v) is 3.78. The van der Waals surface area contributed by atoms with E-state index in [1.54, 1.807) is 0 Å². The highest BCUT2D eigenvalue weighted by Crippen LogP contribution is 2.18. The minimum atomic E-state index is 0.518. The summed E-state index contributed by atoms with van der Waals surface area (Å²) in [6.07, 6.45) is 3.57. The first-order valence-electron chi connectivity index (χ1n) is 6.23. The summed E-state index contributed by atoms with van der Waals surface area (Å²) in [6.45, 7) is 5.59. The van der Waals surface area contributed by atoms with Crippen LogP contribution < -0.4 is 5.32 Å². The Balaban J connectivity index is 2.32. The summed E-state index contributed by atoms with van der Waals surface area (Å²) >= 11 is 1.87. The van der Waals surface area contributed by atoms with Gasteiger partial charge in [-0.2, -0.15) is 0 Å². The molecule has 0 aromatic rings. The van der Waals surface area contributed by atoms with Gasteiger partial charge in [0.25, 0.3) is 0 Å². The molecule has 4 heteroatoms. The predicted molar refractivity (Wildman–Crippen MR) is 74.4 cm³/mol. The zero-order valence-electron chi connectivity index (χ0n) is 11.0. The highest BCUT2D eigenvalue weighted by atomic mass is 32.2. The molecule has 1 aliphatic rings. The Labute approximate surface area is 104 Å². The van der Waals surface area contributed by atoms with E-state index in [2.05, 4.69) is 38.2 Å². The fourth-order valence-corrected chi connectivity index (χ4v) is 2.76. The van der Waals surface area contributed by atoms with Crippen molar-refractivity contribution in [3.63, 3.8) is 0 Å². The van der Waals surface area contributed by atoms with Crippen LogP contribution >= 0.6 is 11.8 Å². The van der Waals surface area contributed by atoms with Crippen LogP contribution in [-0.4, -0.2) is 48.5 Å². The van der Waals surface area contributed by atoms with E-state index in [1.807, 2.05) is 11.8 Å². The molecule has 16 heavy (non-hydrogen) atoms. The van der Waals surface area contributed by atoms with E-state index >= 15 is 0 Å². The van der Waals surface area contributed by atoms with Gasteiger partial charge in [0.2, 0.25) is 0 Å². The number of nitrogens with one attached hydrogen (secondary N) is 1. The van der Waals surface area contributed by atoms with E-state index < -0.39 is 0 Å². The molecular formula is C12H25N3S. The highest BCUT2D eigenvalue weighted by molar-refractivity contribution is 8.13. The molecule has 1 N–H and O–H groups in total. The second-order valence-corrected chi connectivity index (χ2v) is 5.85. The second-order valence-electron chi connectivity index (χ2n) is 4.77. The minimum Gasteiger partial charge on any atom is -0.362 e. The number of aliphatic imine (C=N–C) groups is 1. The van der Waals surface area contributed by atoms with Gasteiger partial charge in [-0.05, 0) is 46.8 Å². The number of amidine groups is 1. The summed E-state index contributed by atoms with van der Waals surface area (Å²) < 4.78 is 0. The van der Waals surface area contributed by atoms with Crippen molar-refractivity contribution in [2.75, 3.05) is 26.4 Å². The Morgan fingerprint density at radius 3 is 2.94 bits per heavy atom. The van der Waals surface area contributed by atoms with Crippen LogP contribution in [0.15, 0.2) is 4.99 Å². The maximum Gasteiger partial charge on any atom is 0.157 e. The van der Waals surface area contributed by atoms with Gasteiger partial charge in [-0.15, -0.1) is 0 Å². The fourth-order valence-electron chi connectivity index (χ4n) is 1.67. The van der Waals surface area contributed by atoms with Crippen LogP contribution in [0.2, 0.25) is 0 Å². The lowest BCUT2D eigenvalue weighted by Gasteiger charge is -2.23. The largest absolute Gasteiger partial charge is 0.362 e. The third-order valence-electron chi connectivity index (χ3n) is 2.84. The van der Waals surface area contributed by atoms with E-state index in [4.69, 9.17) is 4.99 Å². The molecule has 0 amide bonds. The van der Waals surface area contributed by atoms with E-state index in [0.717, 1.165) is 18.1 Å². The highest BCUT2D eigenvalue weighted by Gasteiger charge is 2.15. The van der Waals surface area contributed by atoms with Crippen molar-refractivity contribution in [1.82, 2.24) is 10.2 Å². The van der Waals surface area contributed by atoms with Crippen molar-refractivity contribution < 1.29 is 0 Å². The summed E-state index contributed by atoms with van der Waals surface area (Å²) in [5, 5.41) is 4.68. The van der Waals surface area contributed by atoms with Crippen molar-refractivity contribution in [3.8, 4) is 0 Å². The Morgan fingerprint density at radius 2 is 2.31 bits per heavy atom. The standard InChI is InChI=1S/C12H25N3S/c1-5-11-7-9-16-12(14-11)13-10(2)6-8-15(3)4/h10-11H,5-9H2,1-4H3,(H,13,14). The Morgan fingerprint density at radius 1 is 1.56 bits per heavy atom. The van der Waals surface area contributed by atoms with Crippen molar-refractivity contribution >= 4 is 16.9 Å². The third kappa shape index (κ3) is 5.21. The lowest BCUT2D eigenvalue weighted by Crippen LogP contribution is -2.35. The van der Waals surface area contributed by atoms with E-state index in [-0.39, 0.29) is 0 Å². The normalized spacial score (nSPS) is 23.1. The van der Waals surface area contributed by atoms with Crippen molar-refractivity contribution in [1.29, 1.82) is 0 Å². The van der Waals surface area contributed by atoms with E-state index in [0.29, 0.717) is 12.1 Å². The molecule has 0 aromatic heterocycles. The van der Waals surface area contributed by atoms with Gasteiger partial charge in [0.05, 0.1) is 6.04 Å². The first-order valence-corrected chi connectivity index (χ1v) is 7.22. The molecule has 94 valence electrons. The fraction of sp³-hybridized carbons (Fsp3) is 0.917. The SMILES string of the molecule is CCC1CCSC(NC(C)CCN(C)C)=N1. The summed E-state index contributed by atoms with van der Waals surface area (Å²) in [4.78, 5) is 6.95. The van der Waals surface area contributed by atoms with Crippen LogP contribution in [0.3, 0.4) is 0 Å². The zero-order valence-corrected chi connectivity index (χ0v) is 11.8. The molecule has 3 nitrogen and oxygen atoms in total. The van der Waals surface area contributed by atoms with E-state index in [9.17, 15) is 0 Å². The van der Waals surface area contributed by atoms with Gasteiger partial charge < -0.3 is 10.2 Å². The average molecular weight is 243 g/mol. The van der Waals surface area contributed by atoms with Gasteiger partial charge in [-0.1, -0.05) is 18.7 Å². The van der Waals surface area contributed by atoms with Gasteiger partial charge in [0.15, 0.2) is 5.17 Å². The lowest BCUT2D eigenvalue weighted by molar-refractivity contribution is 0.379. The van der Waals surface area contributed by atoms with Crippen LogP contribution in [0.25, 0.3) is 0 Å². The van der Waals surface area contributed by atoms with Crippen LogP contribution in [0, 0.1) is 0 Å². The van der Waals surface area contributed by atoms with Crippen molar-refractivity contribution in [2.24, 2.45) is 4.99 Å². The molecule has 1 heterocycles. The molecule has 1 rings (SSSR count). The molecule has 1 aliphatic heterocycles. The molecule has 0 radical (unpaired) electrons. The van der Waals surface area contributed by atoms with Gasteiger partial charge in [-0.25, -0.2) is 0 Å². The molecule has 0 aliphatic carbocycles. The lowest BCUT2D eigenvalue weighted by atomic mass is 10.2. The van der Waals surface area contributed by atoms with Gasteiger partial charge in [-0.3, -0.25) is 4.99 Å². The summed E-state index contributed by atoms with van der Waals surface area (Å²) in [5.41, 5.74) is 0. The molecule has 0 aromatic carbocycles. The Bertz CT molecular complexity index is 228. The van der Waals surface area contributed by atoms with Crippen molar-refractivity contribution in [3.05, 3.63) is 0 Å². The topological polar surface area (TPSA) is 27.6 Å². The van der Waals surface area contributed by atoms with Gasteiger partial charge in [0.1, 0.15) is 0 Å². The first-order chi connectivity index (χ1) is 7.61. The number of hydrogen-bond acceptors (Lipinski definition) is 4. The number of thioether (sulfide) groups is 1. The van der Waals surface area contributed by atoms with Gasteiger partial charge in [0, 0.05) is 11.8 Å². The molecule has 0 bridgehead atoms.